The number of hydrogen-bond donors (Lipinski definition) is 2. The number of para-hydroxylation sites is 2. The minimum Gasteiger partial charge on any atom is -0.392 e. The molecule has 1 saturated heterocycles. The highest BCUT2D eigenvalue weighted by molar-refractivity contribution is 5.74. The van der Waals surface area contributed by atoms with Crippen molar-refractivity contribution in [3.63, 3.8) is 0 Å². The summed E-state index contributed by atoms with van der Waals surface area (Å²) in [5.41, 5.74) is 9.43. The van der Waals surface area contributed by atoms with Gasteiger partial charge >= 0.3 is 0 Å². The zero-order chi connectivity index (χ0) is 18.1. The molecule has 26 heavy (non-hydrogen) atoms. The Morgan fingerprint density at radius 1 is 1.23 bits per heavy atom. The van der Waals surface area contributed by atoms with E-state index in [1.54, 1.807) is 0 Å². The van der Waals surface area contributed by atoms with Crippen molar-refractivity contribution in [2.24, 2.45) is 11.1 Å². The number of nitrogens with two attached hydrogens (primary N) is 1. The Labute approximate surface area is 154 Å². The van der Waals surface area contributed by atoms with E-state index >= 15 is 0 Å². The molecule has 140 valence electrons. The lowest BCUT2D eigenvalue weighted by molar-refractivity contribution is -0.210. The van der Waals surface area contributed by atoms with Gasteiger partial charge in [-0.1, -0.05) is 12.1 Å². The van der Waals surface area contributed by atoms with Crippen molar-refractivity contribution in [3.8, 4) is 0 Å². The molecule has 6 heteroatoms. The second-order valence-corrected chi connectivity index (χ2v) is 7.65. The van der Waals surface area contributed by atoms with Crippen LogP contribution in [0.15, 0.2) is 24.3 Å². The van der Waals surface area contributed by atoms with Gasteiger partial charge in [-0.25, -0.2) is 9.97 Å². The van der Waals surface area contributed by atoms with Crippen molar-refractivity contribution in [1.82, 2.24) is 14.9 Å². The van der Waals surface area contributed by atoms with Crippen LogP contribution in [0.4, 0.5) is 0 Å². The number of rotatable bonds is 5. The smallest absolute Gasteiger partial charge is 0.0890 e. The summed E-state index contributed by atoms with van der Waals surface area (Å²) in [6.45, 7) is 5.86. The summed E-state index contributed by atoms with van der Waals surface area (Å²) in [5, 5.41) is 10.4. The Morgan fingerprint density at radius 2 is 1.92 bits per heavy atom. The first kappa shape index (κ1) is 17.8. The molecule has 1 aromatic carbocycles. The number of likely N-dealkylation sites (tertiary alicyclic amines) is 1. The minimum atomic E-state index is -0.241. The van der Waals surface area contributed by atoms with Gasteiger partial charge in [0, 0.05) is 24.9 Å². The van der Waals surface area contributed by atoms with Crippen LogP contribution in [0.3, 0.4) is 0 Å². The van der Waals surface area contributed by atoms with Crippen LogP contribution in [0.2, 0.25) is 0 Å². The lowest BCUT2D eigenvalue weighted by Gasteiger charge is -2.56. The number of ether oxygens (including phenoxy) is 1. The molecule has 1 aromatic heterocycles. The number of piperidine rings is 1. The highest BCUT2D eigenvalue weighted by atomic mass is 16.5. The van der Waals surface area contributed by atoms with Crippen LogP contribution in [-0.4, -0.2) is 58.4 Å². The van der Waals surface area contributed by atoms with Crippen LogP contribution in [0, 0.1) is 12.3 Å². The summed E-state index contributed by atoms with van der Waals surface area (Å²) in [6, 6.07) is 8.01. The largest absolute Gasteiger partial charge is 0.392 e. The van der Waals surface area contributed by atoms with Crippen molar-refractivity contribution in [3.05, 3.63) is 35.7 Å². The zero-order valence-corrected chi connectivity index (χ0v) is 15.4. The van der Waals surface area contributed by atoms with Gasteiger partial charge in [-0.05, 0) is 45.0 Å². The fourth-order valence-corrected chi connectivity index (χ4v) is 4.44. The number of benzene rings is 1. The van der Waals surface area contributed by atoms with E-state index in [0.29, 0.717) is 13.2 Å². The van der Waals surface area contributed by atoms with Crippen LogP contribution >= 0.6 is 0 Å². The van der Waals surface area contributed by atoms with Crippen molar-refractivity contribution >= 4 is 11.0 Å². The van der Waals surface area contributed by atoms with Gasteiger partial charge in [0.05, 0.1) is 41.2 Å². The number of aliphatic hydroxyl groups is 1. The van der Waals surface area contributed by atoms with E-state index in [1.165, 1.54) is 0 Å². The number of nitrogens with zero attached hydrogens (tertiary/aromatic N) is 3. The van der Waals surface area contributed by atoms with Crippen LogP contribution < -0.4 is 5.73 Å². The van der Waals surface area contributed by atoms with Crippen molar-refractivity contribution < 1.29 is 9.84 Å². The van der Waals surface area contributed by atoms with E-state index in [4.69, 9.17) is 20.4 Å². The molecule has 2 atom stereocenters. The van der Waals surface area contributed by atoms with Crippen LogP contribution in [0.25, 0.3) is 11.0 Å². The molecule has 1 spiro atoms. The molecular formula is C20H28N4O2. The van der Waals surface area contributed by atoms with Crippen LogP contribution in [-0.2, 0) is 11.3 Å². The topological polar surface area (TPSA) is 84.5 Å². The predicted octanol–water partition coefficient (Wildman–Crippen LogP) is 1.63. The van der Waals surface area contributed by atoms with E-state index in [1.807, 2.05) is 31.2 Å². The highest BCUT2D eigenvalue weighted by Crippen LogP contribution is 2.51. The maximum Gasteiger partial charge on any atom is 0.0890 e. The molecule has 2 aromatic rings. The van der Waals surface area contributed by atoms with Gasteiger partial charge in [0.2, 0.25) is 0 Å². The molecule has 0 unspecified atom stereocenters. The summed E-state index contributed by atoms with van der Waals surface area (Å²) < 4.78 is 5.89. The monoisotopic (exact) mass is 356 g/mol. The summed E-state index contributed by atoms with van der Waals surface area (Å²) in [7, 11) is 0. The zero-order valence-electron chi connectivity index (χ0n) is 15.4. The van der Waals surface area contributed by atoms with E-state index in [2.05, 4.69) is 4.90 Å². The Balaban J connectivity index is 1.42. The predicted molar refractivity (Wildman–Crippen MR) is 101 cm³/mol. The van der Waals surface area contributed by atoms with Gasteiger partial charge in [0.25, 0.3) is 0 Å². The van der Waals surface area contributed by atoms with E-state index in [9.17, 15) is 5.11 Å². The lowest BCUT2D eigenvalue weighted by atomic mass is 9.58. The average Bonchev–Trinajstić information content (AvgIpc) is 2.66. The second-order valence-electron chi connectivity index (χ2n) is 7.65. The second kappa shape index (κ2) is 7.19. The molecule has 2 fully saturated rings. The van der Waals surface area contributed by atoms with Gasteiger partial charge in [-0.3, -0.25) is 4.90 Å². The molecule has 4 rings (SSSR count). The number of aromatic nitrogens is 2. The number of fused-ring (bicyclic) bond motifs is 1. The van der Waals surface area contributed by atoms with Crippen molar-refractivity contribution in [2.45, 2.75) is 44.9 Å². The molecule has 0 radical (unpaired) electrons. The fourth-order valence-electron chi connectivity index (χ4n) is 4.44. The van der Waals surface area contributed by atoms with Gasteiger partial charge in [-0.2, -0.15) is 0 Å². The van der Waals surface area contributed by atoms with E-state index < -0.39 is 0 Å². The Hall–Kier alpha value is -1.60. The van der Waals surface area contributed by atoms with Gasteiger partial charge in [-0.15, -0.1) is 0 Å². The molecule has 2 aliphatic rings. The molecule has 2 heterocycles. The summed E-state index contributed by atoms with van der Waals surface area (Å²) >= 11 is 0. The van der Waals surface area contributed by atoms with E-state index in [-0.39, 0.29) is 17.6 Å². The first-order valence-electron chi connectivity index (χ1n) is 9.57. The number of hydrogen-bond acceptors (Lipinski definition) is 6. The molecule has 1 aliphatic heterocycles. The molecule has 3 N–H and O–H groups in total. The Kier molecular flexibility index (Phi) is 4.92. The molecule has 1 saturated carbocycles. The molecule has 6 nitrogen and oxygen atoms in total. The van der Waals surface area contributed by atoms with Crippen LogP contribution in [0.1, 0.15) is 30.7 Å². The van der Waals surface area contributed by atoms with Crippen molar-refractivity contribution in [2.75, 3.05) is 26.2 Å². The highest BCUT2D eigenvalue weighted by Gasteiger charge is 2.56. The third-order valence-corrected chi connectivity index (χ3v) is 6.18. The normalized spacial score (nSPS) is 25.5. The first-order chi connectivity index (χ1) is 12.6. The summed E-state index contributed by atoms with van der Waals surface area (Å²) in [5.74, 6) is 0. The maximum absolute atomic E-state index is 10.4. The standard InChI is InChI=1S/C20H28N4O2/c1-14-17(23-16-5-3-2-4-15(16)22-14)13-24-9-6-20(7-10-24)18(25)12-19(20)26-11-8-21/h2-5,18-19,25H,6-13,21H2,1H3/t18-,19+/m1/s1. The third kappa shape index (κ3) is 3.11. The van der Waals surface area contributed by atoms with Gasteiger partial charge in [0.15, 0.2) is 0 Å². The average molecular weight is 356 g/mol. The van der Waals surface area contributed by atoms with Crippen LogP contribution in [0.5, 0.6) is 0 Å². The lowest BCUT2D eigenvalue weighted by Crippen LogP contribution is -2.62. The molecule has 0 bridgehead atoms. The Bertz CT molecular complexity index is 773. The summed E-state index contributed by atoms with van der Waals surface area (Å²) in [4.78, 5) is 11.9. The SMILES string of the molecule is Cc1nc2ccccc2nc1CN1CCC2(CC1)[C@H](O)C[C@@H]2OCCN. The van der Waals surface area contributed by atoms with Gasteiger partial charge < -0.3 is 15.6 Å². The quantitative estimate of drug-likeness (QED) is 0.847. The maximum atomic E-state index is 10.4. The minimum absolute atomic E-state index is 0.0736. The Morgan fingerprint density at radius 3 is 2.58 bits per heavy atom. The number of aryl methyl sites for hydroxylation is 1. The number of aliphatic hydroxyl groups excluding tert-OH is 1. The molecular weight excluding hydrogens is 328 g/mol. The third-order valence-electron chi connectivity index (χ3n) is 6.18. The molecule has 1 aliphatic carbocycles. The van der Waals surface area contributed by atoms with Crippen molar-refractivity contribution in [1.29, 1.82) is 0 Å². The molecule has 0 amide bonds. The fraction of sp³-hybridized carbons (Fsp3) is 0.600. The summed E-state index contributed by atoms with van der Waals surface area (Å²) in [6.07, 6.45) is 2.59. The van der Waals surface area contributed by atoms with Gasteiger partial charge in [0.1, 0.15) is 0 Å². The van der Waals surface area contributed by atoms with E-state index in [0.717, 1.165) is 61.3 Å². The first-order valence-corrected chi connectivity index (χ1v) is 9.57.